The largest absolute Gasteiger partial charge is 0.493 e. The van der Waals surface area contributed by atoms with Crippen LogP contribution in [-0.4, -0.2) is 44.6 Å². The fourth-order valence-corrected chi connectivity index (χ4v) is 1.48. The quantitative estimate of drug-likeness (QED) is 0.520. The second-order valence-corrected chi connectivity index (χ2v) is 3.83. The van der Waals surface area contributed by atoms with Gasteiger partial charge in [-0.1, -0.05) is 6.07 Å². The van der Waals surface area contributed by atoms with Crippen molar-refractivity contribution in [2.75, 3.05) is 39.3 Å². The van der Waals surface area contributed by atoms with Crippen molar-refractivity contribution >= 4 is 11.7 Å². The molecule has 0 aliphatic rings. The molecular weight excluding hydrogens is 250 g/mol. The molecule has 0 bridgehead atoms. The summed E-state index contributed by atoms with van der Waals surface area (Å²) in [5.41, 5.74) is 5.81. The van der Waals surface area contributed by atoms with Gasteiger partial charge in [-0.15, -0.1) is 0 Å². The lowest BCUT2D eigenvalue weighted by atomic mass is 10.1. The molecule has 0 radical (unpaired) electrons. The molecular formula is C13H19NO5. The topological polar surface area (TPSA) is 91.0 Å². The van der Waals surface area contributed by atoms with Crippen molar-refractivity contribution in [3.05, 3.63) is 23.8 Å². The van der Waals surface area contributed by atoms with Crippen LogP contribution < -0.4 is 10.5 Å². The van der Waals surface area contributed by atoms with Crippen LogP contribution in [0.15, 0.2) is 18.2 Å². The molecule has 3 N–H and O–H groups in total. The van der Waals surface area contributed by atoms with E-state index in [4.69, 9.17) is 25.1 Å². The Morgan fingerprint density at radius 2 is 2.05 bits per heavy atom. The van der Waals surface area contributed by atoms with Crippen molar-refractivity contribution in [3.8, 4) is 5.75 Å². The number of benzene rings is 1. The first-order chi connectivity index (χ1) is 9.16. The number of rotatable bonds is 9. The summed E-state index contributed by atoms with van der Waals surface area (Å²) in [4.78, 5) is 11.1. The van der Waals surface area contributed by atoms with Crippen molar-refractivity contribution in [3.63, 3.8) is 0 Å². The van der Waals surface area contributed by atoms with E-state index in [2.05, 4.69) is 0 Å². The first-order valence-electron chi connectivity index (χ1n) is 5.98. The summed E-state index contributed by atoms with van der Waals surface area (Å²) in [6.45, 7) is 2.00. The van der Waals surface area contributed by atoms with Crippen molar-refractivity contribution < 1.29 is 24.1 Å². The maximum atomic E-state index is 11.1. The second kappa shape index (κ2) is 8.34. The van der Waals surface area contributed by atoms with E-state index in [0.29, 0.717) is 32.8 Å². The average molecular weight is 269 g/mol. The fraction of sp³-hybridized carbons (Fsp3) is 0.462. The lowest BCUT2D eigenvalue weighted by Gasteiger charge is -2.10. The number of nitrogens with two attached hydrogens (primary N) is 1. The molecule has 0 unspecified atom stereocenters. The van der Waals surface area contributed by atoms with Crippen LogP contribution in [-0.2, 0) is 9.47 Å². The molecule has 0 fully saturated rings. The van der Waals surface area contributed by atoms with Gasteiger partial charge in [-0.25, -0.2) is 4.79 Å². The first kappa shape index (κ1) is 15.3. The summed E-state index contributed by atoms with van der Waals surface area (Å²) in [7, 11) is 1.61. The van der Waals surface area contributed by atoms with Crippen molar-refractivity contribution in [1.82, 2.24) is 0 Å². The van der Waals surface area contributed by atoms with Crippen LogP contribution in [0.3, 0.4) is 0 Å². The van der Waals surface area contributed by atoms with E-state index in [1.54, 1.807) is 19.2 Å². The minimum absolute atomic E-state index is 0.00259. The van der Waals surface area contributed by atoms with Crippen molar-refractivity contribution in [1.29, 1.82) is 0 Å². The Morgan fingerprint density at radius 3 is 2.74 bits per heavy atom. The lowest BCUT2D eigenvalue weighted by molar-refractivity contribution is 0.0638. The molecule has 1 aromatic rings. The molecule has 0 aliphatic carbocycles. The third kappa shape index (κ3) is 5.15. The van der Waals surface area contributed by atoms with Gasteiger partial charge in [0.25, 0.3) is 0 Å². The second-order valence-electron chi connectivity index (χ2n) is 3.83. The molecule has 0 amide bonds. The minimum Gasteiger partial charge on any atom is -0.493 e. The van der Waals surface area contributed by atoms with E-state index < -0.39 is 5.97 Å². The number of hydrogen-bond donors (Lipinski definition) is 2. The maximum Gasteiger partial charge on any atom is 0.341 e. The van der Waals surface area contributed by atoms with Crippen LogP contribution in [0.25, 0.3) is 0 Å². The number of ether oxygens (including phenoxy) is 3. The SMILES string of the molecule is COCCOCCCOc1cccc(N)c1C(=O)O. The molecule has 0 heterocycles. The predicted octanol–water partition coefficient (Wildman–Crippen LogP) is 1.40. The Bertz CT molecular complexity index is 408. The van der Waals surface area contributed by atoms with Crippen LogP contribution in [0.2, 0.25) is 0 Å². The van der Waals surface area contributed by atoms with Crippen molar-refractivity contribution in [2.24, 2.45) is 0 Å². The number of carboxylic acids is 1. The summed E-state index contributed by atoms with van der Waals surface area (Å²) >= 11 is 0. The zero-order valence-electron chi connectivity index (χ0n) is 10.9. The number of carboxylic acid groups (broad SMARTS) is 1. The zero-order valence-corrected chi connectivity index (χ0v) is 10.9. The smallest absolute Gasteiger partial charge is 0.341 e. The molecule has 0 saturated heterocycles. The average Bonchev–Trinajstić information content (AvgIpc) is 2.37. The number of hydrogen-bond acceptors (Lipinski definition) is 5. The zero-order chi connectivity index (χ0) is 14.1. The standard InChI is InChI=1S/C13H19NO5/c1-17-8-9-18-6-3-7-19-11-5-2-4-10(14)12(11)13(15)16/h2,4-5H,3,6-9,14H2,1H3,(H,15,16). The highest BCUT2D eigenvalue weighted by Gasteiger charge is 2.14. The van der Waals surface area contributed by atoms with Crippen LogP contribution >= 0.6 is 0 Å². The Balaban J connectivity index is 2.37. The molecule has 0 saturated carbocycles. The van der Waals surface area contributed by atoms with E-state index in [-0.39, 0.29) is 17.0 Å². The number of nitrogen functional groups attached to an aromatic ring is 1. The number of carbonyl (C=O) groups is 1. The molecule has 0 aliphatic heterocycles. The van der Waals surface area contributed by atoms with Crippen LogP contribution in [0.1, 0.15) is 16.8 Å². The Labute approximate surface area is 112 Å². The Kier molecular flexibility index (Phi) is 6.70. The third-order valence-electron chi connectivity index (χ3n) is 2.39. The molecule has 6 nitrogen and oxygen atoms in total. The number of methoxy groups -OCH3 is 1. The molecule has 0 atom stereocenters. The molecule has 6 heteroatoms. The number of anilines is 1. The van der Waals surface area contributed by atoms with Gasteiger partial charge in [0, 0.05) is 25.8 Å². The van der Waals surface area contributed by atoms with Gasteiger partial charge in [-0.2, -0.15) is 0 Å². The minimum atomic E-state index is -1.09. The summed E-state index contributed by atoms with van der Waals surface area (Å²) in [6.07, 6.45) is 0.664. The maximum absolute atomic E-state index is 11.1. The van der Waals surface area contributed by atoms with Gasteiger partial charge in [-0.3, -0.25) is 0 Å². The van der Waals surface area contributed by atoms with E-state index in [9.17, 15) is 4.79 Å². The highest BCUT2D eigenvalue weighted by atomic mass is 16.5. The molecule has 0 aromatic heterocycles. The summed E-state index contributed by atoms with van der Waals surface area (Å²) < 4.78 is 15.5. The van der Waals surface area contributed by atoms with Gasteiger partial charge >= 0.3 is 5.97 Å². The van der Waals surface area contributed by atoms with E-state index >= 15 is 0 Å². The molecule has 0 spiro atoms. The highest BCUT2D eigenvalue weighted by Crippen LogP contribution is 2.24. The van der Waals surface area contributed by atoms with Crippen LogP contribution in [0.5, 0.6) is 5.75 Å². The Hall–Kier alpha value is -1.79. The molecule has 1 rings (SSSR count). The van der Waals surface area contributed by atoms with Gasteiger partial charge < -0.3 is 25.1 Å². The normalized spacial score (nSPS) is 10.4. The molecule has 1 aromatic carbocycles. The van der Waals surface area contributed by atoms with Crippen molar-refractivity contribution in [2.45, 2.75) is 6.42 Å². The van der Waals surface area contributed by atoms with Gasteiger partial charge in [-0.05, 0) is 12.1 Å². The van der Waals surface area contributed by atoms with Gasteiger partial charge in [0.15, 0.2) is 0 Å². The highest BCUT2D eigenvalue weighted by molar-refractivity contribution is 5.96. The van der Waals surface area contributed by atoms with E-state index in [0.717, 1.165) is 0 Å². The summed E-state index contributed by atoms with van der Waals surface area (Å²) in [5, 5.41) is 9.05. The van der Waals surface area contributed by atoms with Crippen LogP contribution in [0.4, 0.5) is 5.69 Å². The predicted molar refractivity (Wildman–Crippen MR) is 70.6 cm³/mol. The van der Waals surface area contributed by atoms with Gasteiger partial charge in [0.2, 0.25) is 0 Å². The molecule has 106 valence electrons. The van der Waals surface area contributed by atoms with Gasteiger partial charge in [0.1, 0.15) is 11.3 Å². The third-order valence-corrected chi connectivity index (χ3v) is 2.39. The summed E-state index contributed by atoms with van der Waals surface area (Å²) in [5.74, 6) is -0.811. The fourth-order valence-electron chi connectivity index (χ4n) is 1.48. The number of aromatic carboxylic acids is 1. The van der Waals surface area contributed by atoms with Gasteiger partial charge in [0.05, 0.1) is 19.8 Å². The van der Waals surface area contributed by atoms with E-state index in [1.165, 1.54) is 6.07 Å². The van der Waals surface area contributed by atoms with E-state index in [1.807, 2.05) is 0 Å². The lowest BCUT2D eigenvalue weighted by Crippen LogP contribution is -2.10. The van der Waals surface area contributed by atoms with Crippen LogP contribution in [0, 0.1) is 0 Å². The first-order valence-corrected chi connectivity index (χ1v) is 5.98. The molecule has 19 heavy (non-hydrogen) atoms. The monoisotopic (exact) mass is 269 g/mol. The Morgan fingerprint density at radius 1 is 1.26 bits per heavy atom. The summed E-state index contributed by atoms with van der Waals surface area (Å²) in [6, 6.07) is 4.78.